The number of likely N-dealkylation sites (tertiary alicyclic amines) is 1. The van der Waals surface area contributed by atoms with Gasteiger partial charge in [-0.05, 0) is 66.9 Å². The molecule has 0 atom stereocenters. The third-order valence-electron chi connectivity index (χ3n) is 7.18. The predicted molar refractivity (Wildman–Crippen MR) is 176 cm³/mol. The maximum absolute atomic E-state index is 13.1. The highest BCUT2D eigenvalue weighted by molar-refractivity contribution is 6.45. The van der Waals surface area contributed by atoms with Gasteiger partial charge >= 0.3 is 12.1 Å². The van der Waals surface area contributed by atoms with E-state index in [2.05, 4.69) is 20.9 Å². The van der Waals surface area contributed by atoms with Crippen molar-refractivity contribution in [3.63, 3.8) is 0 Å². The molecule has 0 saturated carbocycles. The zero-order chi connectivity index (χ0) is 32.1. The third-order valence-corrected chi connectivity index (χ3v) is 8.04. The number of nitrogens with one attached hydrogen (secondary N) is 3. The van der Waals surface area contributed by atoms with Crippen LogP contribution in [0.3, 0.4) is 0 Å². The molecule has 11 nitrogen and oxygen atoms in total. The van der Waals surface area contributed by atoms with Crippen molar-refractivity contribution in [2.75, 3.05) is 36.1 Å². The van der Waals surface area contributed by atoms with Gasteiger partial charge in [-0.2, -0.15) is 5.10 Å². The van der Waals surface area contributed by atoms with Gasteiger partial charge < -0.3 is 19.7 Å². The zero-order valence-corrected chi connectivity index (χ0v) is 27.0. The minimum atomic E-state index is -0.531. The summed E-state index contributed by atoms with van der Waals surface area (Å²) < 4.78 is 12.8. The van der Waals surface area contributed by atoms with Gasteiger partial charge in [-0.1, -0.05) is 44.0 Å². The lowest BCUT2D eigenvalue weighted by molar-refractivity contribution is 0.222. The van der Waals surface area contributed by atoms with Gasteiger partial charge in [-0.3, -0.25) is 10.6 Å². The van der Waals surface area contributed by atoms with Crippen LogP contribution >= 0.6 is 23.2 Å². The van der Waals surface area contributed by atoms with Gasteiger partial charge in [0.1, 0.15) is 34.8 Å². The van der Waals surface area contributed by atoms with Gasteiger partial charge in [-0.15, -0.1) is 0 Å². The van der Waals surface area contributed by atoms with Crippen LogP contribution in [0.25, 0.3) is 5.69 Å². The second-order valence-corrected chi connectivity index (χ2v) is 12.3. The Morgan fingerprint density at radius 2 is 1.67 bits per heavy atom. The van der Waals surface area contributed by atoms with E-state index in [-0.39, 0.29) is 28.1 Å². The lowest BCUT2D eigenvalue weighted by atomic mass is 9.92. The molecule has 1 aliphatic heterocycles. The first-order valence-corrected chi connectivity index (χ1v) is 15.2. The molecule has 0 radical (unpaired) electrons. The van der Waals surface area contributed by atoms with Crippen LogP contribution in [0.15, 0.2) is 60.8 Å². The van der Waals surface area contributed by atoms with E-state index in [1.54, 1.807) is 47.2 Å². The first-order chi connectivity index (χ1) is 21.5. The number of hydrogen-bond acceptors (Lipinski definition) is 6. The van der Waals surface area contributed by atoms with Crippen molar-refractivity contribution in [1.29, 1.82) is 0 Å². The van der Waals surface area contributed by atoms with E-state index in [9.17, 15) is 9.59 Å². The van der Waals surface area contributed by atoms with E-state index >= 15 is 0 Å². The number of pyridine rings is 1. The highest BCUT2D eigenvalue weighted by atomic mass is 35.5. The largest absolute Gasteiger partial charge is 0.497 e. The summed E-state index contributed by atoms with van der Waals surface area (Å²) in [5, 5.41) is 13.5. The Bertz CT molecular complexity index is 1680. The maximum atomic E-state index is 13.1. The smallest absolute Gasteiger partial charge is 0.324 e. The van der Waals surface area contributed by atoms with Gasteiger partial charge in [0.2, 0.25) is 0 Å². The number of ether oxygens (including phenoxy) is 2. The maximum Gasteiger partial charge on any atom is 0.324 e. The third kappa shape index (κ3) is 7.79. The Balaban J connectivity index is 1.25. The molecule has 236 valence electrons. The molecule has 4 amide bonds. The number of benzene rings is 2. The summed E-state index contributed by atoms with van der Waals surface area (Å²) in [6.07, 6.45) is 3.61. The number of methoxy groups -OCH3 is 1. The van der Waals surface area contributed by atoms with Gasteiger partial charge in [0.25, 0.3) is 0 Å². The van der Waals surface area contributed by atoms with Crippen molar-refractivity contribution in [3.8, 4) is 17.2 Å². The van der Waals surface area contributed by atoms with Crippen LogP contribution in [0.4, 0.5) is 26.9 Å². The molecule has 0 aliphatic carbocycles. The summed E-state index contributed by atoms with van der Waals surface area (Å²) in [6, 6.07) is 15.2. The van der Waals surface area contributed by atoms with Gasteiger partial charge in [0.15, 0.2) is 0 Å². The number of rotatable bonds is 8. The van der Waals surface area contributed by atoms with Crippen molar-refractivity contribution in [2.45, 2.75) is 45.6 Å². The number of carbonyl (C=O) groups is 2. The molecular weight excluding hydrogens is 617 g/mol. The lowest BCUT2D eigenvalue weighted by Gasteiger charge is -2.16. The summed E-state index contributed by atoms with van der Waals surface area (Å²) in [5.74, 6) is 1.95. The Morgan fingerprint density at radius 1 is 0.933 bits per heavy atom. The number of carbonyl (C=O) groups excluding carboxylic acids is 2. The molecule has 5 rings (SSSR count). The predicted octanol–water partition coefficient (Wildman–Crippen LogP) is 7.73. The lowest BCUT2D eigenvalue weighted by Crippen LogP contribution is -2.32. The topological polar surface area (TPSA) is 123 Å². The summed E-state index contributed by atoms with van der Waals surface area (Å²) in [4.78, 5) is 31.5. The van der Waals surface area contributed by atoms with Crippen LogP contribution in [-0.2, 0) is 12.0 Å². The molecule has 4 aromatic rings. The average molecular weight is 653 g/mol. The van der Waals surface area contributed by atoms with Crippen molar-refractivity contribution in [2.24, 2.45) is 0 Å². The molecule has 1 aliphatic rings. The normalized spacial score (nSPS) is 13.0. The molecule has 3 heterocycles. The van der Waals surface area contributed by atoms with Crippen LogP contribution in [0, 0.1) is 0 Å². The SMILES string of the molecule is COc1ccc(-n2nc(C(C)(C)C)cc2NC(=O)Nc2ccc(OCc3ccnc(NC(=O)N4CCCC4)c3)c(Cl)c2Cl)cc1. The summed E-state index contributed by atoms with van der Waals surface area (Å²) in [6.45, 7) is 7.78. The second kappa shape index (κ2) is 13.7. The van der Waals surface area contributed by atoms with E-state index in [4.69, 9.17) is 37.8 Å². The number of amides is 4. The highest BCUT2D eigenvalue weighted by Crippen LogP contribution is 2.38. The van der Waals surface area contributed by atoms with E-state index in [1.165, 1.54) is 0 Å². The Morgan fingerprint density at radius 3 is 2.36 bits per heavy atom. The Labute approximate surface area is 271 Å². The van der Waals surface area contributed by atoms with Crippen LogP contribution in [-0.4, -0.2) is 51.9 Å². The van der Waals surface area contributed by atoms with E-state index in [0.717, 1.165) is 42.9 Å². The Hall–Kier alpha value is -4.48. The molecular formula is C32H35Cl2N7O4. The quantitative estimate of drug-likeness (QED) is 0.179. The number of anilines is 3. The number of aromatic nitrogens is 3. The minimum absolute atomic E-state index is 0.122. The first-order valence-electron chi connectivity index (χ1n) is 14.5. The fourth-order valence-electron chi connectivity index (χ4n) is 4.67. The van der Waals surface area contributed by atoms with Crippen LogP contribution < -0.4 is 25.4 Å². The number of hydrogen-bond donors (Lipinski definition) is 3. The number of halogens is 2. The molecule has 2 aromatic carbocycles. The molecule has 0 unspecified atom stereocenters. The second-order valence-electron chi connectivity index (χ2n) is 11.6. The highest BCUT2D eigenvalue weighted by Gasteiger charge is 2.23. The number of urea groups is 2. The molecule has 0 spiro atoms. The summed E-state index contributed by atoms with van der Waals surface area (Å²) in [7, 11) is 1.60. The summed E-state index contributed by atoms with van der Waals surface area (Å²) >= 11 is 13.1. The van der Waals surface area contributed by atoms with E-state index in [1.807, 2.05) is 51.1 Å². The molecule has 0 bridgehead atoms. The zero-order valence-electron chi connectivity index (χ0n) is 25.5. The van der Waals surface area contributed by atoms with Gasteiger partial charge in [-0.25, -0.2) is 19.3 Å². The Kier molecular flexibility index (Phi) is 9.69. The molecule has 3 N–H and O–H groups in total. The molecule has 1 fully saturated rings. The van der Waals surface area contributed by atoms with Crippen LogP contribution in [0.5, 0.6) is 11.5 Å². The molecule has 45 heavy (non-hydrogen) atoms. The van der Waals surface area contributed by atoms with Crippen molar-refractivity contribution >= 4 is 52.6 Å². The average Bonchev–Trinajstić information content (AvgIpc) is 3.71. The fourth-order valence-corrected chi connectivity index (χ4v) is 5.09. The first kappa shape index (κ1) is 31.9. The standard InChI is InChI=1S/C32H35Cl2N7O4/c1-32(2,3)25-18-27(41(39-25)21-7-9-22(44-4)10-8-21)38-30(42)36-23-11-12-24(29(34)28(23)33)45-19-20-13-14-35-26(17-20)37-31(43)40-15-5-6-16-40/h7-14,17-18H,5-6,15-16,19H2,1-4H3,(H,35,37,43)(H2,36,38,42). The minimum Gasteiger partial charge on any atom is -0.497 e. The van der Waals surface area contributed by atoms with Crippen LogP contribution in [0.1, 0.15) is 44.9 Å². The summed E-state index contributed by atoms with van der Waals surface area (Å²) in [5.41, 5.74) is 2.37. The molecule has 1 saturated heterocycles. The van der Waals surface area contributed by atoms with Crippen molar-refractivity contribution in [1.82, 2.24) is 19.7 Å². The molecule has 13 heteroatoms. The van der Waals surface area contributed by atoms with Crippen LogP contribution in [0.2, 0.25) is 10.0 Å². The van der Waals surface area contributed by atoms with Crippen molar-refractivity contribution in [3.05, 3.63) is 82.1 Å². The molecule has 2 aromatic heterocycles. The van der Waals surface area contributed by atoms with Gasteiger partial charge in [0.05, 0.1) is 29.2 Å². The number of nitrogens with zero attached hydrogens (tertiary/aromatic N) is 4. The van der Waals surface area contributed by atoms with Gasteiger partial charge in [0, 0.05) is 30.8 Å². The van der Waals surface area contributed by atoms with Crippen molar-refractivity contribution < 1.29 is 19.1 Å². The van der Waals surface area contributed by atoms with E-state index in [0.29, 0.717) is 28.8 Å². The fraction of sp³-hybridized carbons (Fsp3) is 0.312. The van der Waals surface area contributed by atoms with E-state index < -0.39 is 6.03 Å². The monoisotopic (exact) mass is 651 g/mol.